The Kier molecular flexibility index (Phi) is 3.88. The van der Waals surface area contributed by atoms with Gasteiger partial charge in [-0.3, -0.25) is 4.79 Å². The molecule has 114 valence electrons. The van der Waals surface area contributed by atoms with Gasteiger partial charge in [0.05, 0.1) is 27.0 Å². The van der Waals surface area contributed by atoms with Crippen LogP contribution >= 0.6 is 22.9 Å². The average Bonchev–Trinajstić information content (AvgIpc) is 3.05. The number of aryl methyl sites for hydroxylation is 2. The molecule has 1 unspecified atom stereocenters. The predicted molar refractivity (Wildman–Crippen MR) is 86.5 cm³/mol. The van der Waals surface area contributed by atoms with Crippen molar-refractivity contribution in [2.24, 2.45) is 0 Å². The van der Waals surface area contributed by atoms with Gasteiger partial charge in [-0.25, -0.2) is 4.98 Å². The van der Waals surface area contributed by atoms with Crippen molar-refractivity contribution in [3.63, 3.8) is 0 Å². The summed E-state index contributed by atoms with van der Waals surface area (Å²) >= 11 is 7.39. The van der Waals surface area contributed by atoms with E-state index in [2.05, 4.69) is 15.5 Å². The lowest BCUT2D eigenvalue weighted by atomic mass is 10.1. The number of nitrogens with zero attached hydrogens (tertiary/aromatic N) is 2. The van der Waals surface area contributed by atoms with Crippen molar-refractivity contribution in [2.75, 3.05) is 0 Å². The molecule has 0 radical (unpaired) electrons. The zero-order valence-electron chi connectivity index (χ0n) is 12.3. The van der Waals surface area contributed by atoms with E-state index in [0.29, 0.717) is 32.4 Å². The Morgan fingerprint density at radius 2 is 2.18 bits per heavy atom. The van der Waals surface area contributed by atoms with Crippen LogP contribution in [0.4, 0.5) is 0 Å². The van der Waals surface area contributed by atoms with E-state index in [1.807, 2.05) is 26.0 Å². The van der Waals surface area contributed by atoms with E-state index in [1.165, 1.54) is 11.3 Å². The third-order valence-electron chi connectivity index (χ3n) is 3.36. The highest BCUT2D eigenvalue weighted by Crippen LogP contribution is 2.27. The minimum Gasteiger partial charge on any atom is -0.345 e. The fourth-order valence-corrected chi connectivity index (χ4v) is 3.37. The number of pyridine rings is 1. The molecule has 7 heteroatoms. The Hall–Kier alpha value is -1.92. The first-order valence-corrected chi connectivity index (χ1v) is 7.95. The highest BCUT2D eigenvalue weighted by atomic mass is 35.5. The van der Waals surface area contributed by atoms with Crippen molar-refractivity contribution < 1.29 is 9.32 Å². The van der Waals surface area contributed by atoms with E-state index >= 15 is 0 Å². The minimum atomic E-state index is -0.182. The molecule has 0 aliphatic carbocycles. The summed E-state index contributed by atoms with van der Waals surface area (Å²) in [6, 6.07) is 5.35. The van der Waals surface area contributed by atoms with Gasteiger partial charge in [0, 0.05) is 10.6 Å². The number of fused-ring (bicyclic) bond motifs is 1. The summed E-state index contributed by atoms with van der Waals surface area (Å²) in [6.45, 7) is 5.53. The molecule has 0 aromatic carbocycles. The fraction of sp³-hybridized carbons (Fsp3) is 0.267. The molecular formula is C15H14ClN3O2S. The number of carbonyl (C=O) groups is 1. The molecule has 0 spiro atoms. The van der Waals surface area contributed by atoms with Crippen molar-refractivity contribution in [3.05, 3.63) is 44.4 Å². The van der Waals surface area contributed by atoms with Gasteiger partial charge in [-0.2, -0.15) is 0 Å². The number of aromatic nitrogens is 2. The molecule has 5 nitrogen and oxygen atoms in total. The molecule has 3 aromatic rings. The quantitative estimate of drug-likeness (QED) is 0.784. The maximum atomic E-state index is 12.6. The van der Waals surface area contributed by atoms with E-state index in [4.69, 9.17) is 16.1 Å². The lowest BCUT2D eigenvalue weighted by Gasteiger charge is -2.13. The van der Waals surface area contributed by atoms with E-state index < -0.39 is 0 Å². The number of halogens is 1. The fourth-order valence-electron chi connectivity index (χ4n) is 2.30. The summed E-state index contributed by atoms with van der Waals surface area (Å²) in [5.74, 6) is -0.182. The molecule has 1 atom stereocenters. The van der Waals surface area contributed by atoms with Gasteiger partial charge < -0.3 is 9.84 Å². The highest BCUT2D eigenvalue weighted by Gasteiger charge is 2.20. The van der Waals surface area contributed by atoms with E-state index in [1.54, 1.807) is 13.0 Å². The Morgan fingerprint density at radius 3 is 2.86 bits per heavy atom. The number of hydrogen-bond acceptors (Lipinski definition) is 5. The molecule has 0 aliphatic heterocycles. The number of rotatable bonds is 3. The van der Waals surface area contributed by atoms with Gasteiger partial charge >= 0.3 is 0 Å². The molecule has 0 fully saturated rings. The van der Waals surface area contributed by atoms with Crippen LogP contribution in [0.1, 0.15) is 39.6 Å². The molecule has 0 aliphatic rings. The Morgan fingerprint density at radius 1 is 1.41 bits per heavy atom. The van der Waals surface area contributed by atoms with Crippen molar-refractivity contribution in [2.45, 2.75) is 26.8 Å². The van der Waals surface area contributed by atoms with Gasteiger partial charge in [0.2, 0.25) is 0 Å². The smallest absolute Gasteiger partial charge is 0.258 e. The molecular weight excluding hydrogens is 322 g/mol. The van der Waals surface area contributed by atoms with Crippen LogP contribution in [-0.4, -0.2) is 16.0 Å². The van der Waals surface area contributed by atoms with Crippen LogP contribution in [0.3, 0.4) is 0 Å². The van der Waals surface area contributed by atoms with E-state index in [9.17, 15) is 4.79 Å². The molecule has 3 rings (SSSR count). The number of hydrogen-bond donors (Lipinski definition) is 1. The SMILES string of the molecule is Cc1cc(C(=O)NC(C)c2ccc(Cl)s2)c2c(C)noc2n1. The maximum Gasteiger partial charge on any atom is 0.258 e. The summed E-state index contributed by atoms with van der Waals surface area (Å²) in [4.78, 5) is 17.9. The second-order valence-corrected chi connectivity index (χ2v) is 6.84. The normalized spacial score (nSPS) is 12.5. The summed E-state index contributed by atoms with van der Waals surface area (Å²) in [6.07, 6.45) is 0. The van der Waals surface area contributed by atoms with Crippen LogP contribution in [0.25, 0.3) is 11.1 Å². The largest absolute Gasteiger partial charge is 0.345 e. The van der Waals surface area contributed by atoms with Crippen molar-refractivity contribution in [3.8, 4) is 0 Å². The van der Waals surface area contributed by atoms with Crippen LogP contribution < -0.4 is 5.32 Å². The summed E-state index contributed by atoms with van der Waals surface area (Å²) < 4.78 is 5.86. The molecule has 22 heavy (non-hydrogen) atoms. The van der Waals surface area contributed by atoms with Crippen molar-refractivity contribution in [1.82, 2.24) is 15.5 Å². The standard InChI is InChI=1S/C15H14ClN3O2S/c1-7-6-10(13-9(3)19-21-15(13)17-7)14(20)18-8(2)11-4-5-12(16)22-11/h4-6,8H,1-3H3,(H,18,20). The molecule has 3 aromatic heterocycles. The third-order valence-corrected chi connectivity index (χ3v) is 4.77. The second kappa shape index (κ2) is 5.70. The first-order valence-electron chi connectivity index (χ1n) is 6.75. The van der Waals surface area contributed by atoms with Gasteiger partial charge in [-0.15, -0.1) is 11.3 Å². The van der Waals surface area contributed by atoms with Crippen molar-refractivity contribution >= 4 is 39.9 Å². The first kappa shape index (κ1) is 15.0. The second-order valence-electron chi connectivity index (χ2n) is 5.10. The van der Waals surface area contributed by atoms with Crippen LogP contribution in [-0.2, 0) is 0 Å². The molecule has 0 saturated heterocycles. The summed E-state index contributed by atoms with van der Waals surface area (Å²) in [5.41, 5.74) is 2.27. The Balaban J connectivity index is 1.93. The van der Waals surface area contributed by atoms with Crippen LogP contribution in [0.5, 0.6) is 0 Å². The molecule has 1 amide bonds. The summed E-state index contributed by atoms with van der Waals surface area (Å²) in [7, 11) is 0. The molecule has 0 saturated carbocycles. The van der Waals surface area contributed by atoms with Gasteiger partial charge in [0.25, 0.3) is 11.6 Å². The zero-order chi connectivity index (χ0) is 15.9. The topological polar surface area (TPSA) is 68.0 Å². The maximum absolute atomic E-state index is 12.6. The monoisotopic (exact) mass is 335 g/mol. The molecule has 1 N–H and O–H groups in total. The van der Waals surface area contributed by atoms with Crippen LogP contribution in [0.2, 0.25) is 4.34 Å². The lowest BCUT2D eigenvalue weighted by molar-refractivity contribution is 0.0942. The minimum absolute atomic E-state index is 0.131. The van der Waals surface area contributed by atoms with Crippen LogP contribution in [0.15, 0.2) is 22.7 Å². The van der Waals surface area contributed by atoms with Gasteiger partial charge in [0.15, 0.2) is 0 Å². The number of thiophene rings is 1. The zero-order valence-corrected chi connectivity index (χ0v) is 13.9. The predicted octanol–water partition coefficient (Wildman–Crippen LogP) is 4.05. The highest BCUT2D eigenvalue weighted by molar-refractivity contribution is 7.16. The average molecular weight is 336 g/mol. The van der Waals surface area contributed by atoms with Gasteiger partial charge in [-0.1, -0.05) is 16.8 Å². The third kappa shape index (κ3) is 2.71. The molecule has 0 bridgehead atoms. The Bertz CT molecular complexity index is 856. The molecule has 3 heterocycles. The van der Waals surface area contributed by atoms with Crippen molar-refractivity contribution in [1.29, 1.82) is 0 Å². The van der Waals surface area contributed by atoms with E-state index in [-0.39, 0.29) is 11.9 Å². The van der Waals surface area contributed by atoms with E-state index in [0.717, 1.165) is 4.88 Å². The summed E-state index contributed by atoms with van der Waals surface area (Å²) in [5, 5.41) is 7.52. The van der Waals surface area contributed by atoms with Gasteiger partial charge in [-0.05, 0) is 39.0 Å². The number of amides is 1. The number of carbonyl (C=O) groups excluding carboxylic acids is 1. The van der Waals surface area contributed by atoms with Crippen LogP contribution in [0, 0.1) is 13.8 Å². The lowest BCUT2D eigenvalue weighted by Crippen LogP contribution is -2.26. The first-order chi connectivity index (χ1) is 10.5. The number of nitrogens with one attached hydrogen (secondary N) is 1. The van der Waals surface area contributed by atoms with Gasteiger partial charge in [0.1, 0.15) is 0 Å². The Labute approximate surface area is 136 Å².